The summed E-state index contributed by atoms with van der Waals surface area (Å²) in [7, 11) is 0. The highest BCUT2D eigenvalue weighted by Gasteiger charge is 2.03. The van der Waals surface area contributed by atoms with Gasteiger partial charge in [-0.25, -0.2) is 0 Å². The molecule has 1 aromatic heterocycles. The van der Waals surface area contributed by atoms with Crippen LogP contribution in [0.2, 0.25) is 5.02 Å². The van der Waals surface area contributed by atoms with Gasteiger partial charge in [0.1, 0.15) is 0 Å². The predicted molar refractivity (Wildman–Crippen MR) is 67.0 cm³/mol. The minimum Gasteiger partial charge on any atom is -0.331 e. The van der Waals surface area contributed by atoms with E-state index in [1.165, 1.54) is 0 Å². The molecule has 1 aromatic carbocycles. The zero-order valence-corrected chi connectivity index (χ0v) is 10.2. The first-order valence-corrected chi connectivity index (χ1v) is 5.89. The SMILES string of the molecule is CCCCn1c(=S)[nH]c2ccc(Cl)cc21. The van der Waals surface area contributed by atoms with Crippen molar-refractivity contribution in [3.05, 3.63) is 28.0 Å². The van der Waals surface area contributed by atoms with Crippen molar-refractivity contribution in [1.29, 1.82) is 0 Å². The fourth-order valence-corrected chi connectivity index (χ4v) is 2.13. The van der Waals surface area contributed by atoms with Gasteiger partial charge in [0.15, 0.2) is 4.77 Å². The lowest BCUT2D eigenvalue weighted by atomic mass is 10.3. The van der Waals surface area contributed by atoms with Gasteiger partial charge in [-0.2, -0.15) is 0 Å². The van der Waals surface area contributed by atoms with Crippen molar-refractivity contribution >= 4 is 34.9 Å². The molecule has 2 nitrogen and oxygen atoms in total. The highest BCUT2D eigenvalue weighted by atomic mass is 35.5. The van der Waals surface area contributed by atoms with E-state index in [1.807, 2.05) is 18.2 Å². The van der Waals surface area contributed by atoms with E-state index in [-0.39, 0.29) is 0 Å². The van der Waals surface area contributed by atoms with Crippen LogP contribution in [0.1, 0.15) is 19.8 Å². The van der Waals surface area contributed by atoms with Gasteiger partial charge in [0, 0.05) is 11.6 Å². The van der Waals surface area contributed by atoms with Gasteiger partial charge < -0.3 is 9.55 Å². The Morgan fingerprint density at radius 1 is 1.47 bits per heavy atom. The summed E-state index contributed by atoms with van der Waals surface area (Å²) in [6.07, 6.45) is 2.29. The second-order valence-electron chi connectivity index (χ2n) is 3.60. The Balaban J connectivity index is 2.55. The fraction of sp³-hybridized carbons (Fsp3) is 0.364. The smallest absolute Gasteiger partial charge is 0.178 e. The Kier molecular flexibility index (Phi) is 3.12. The average Bonchev–Trinajstić information content (AvgIpc) is 2.51. The standard InChI is InChI=1S/C11H13ClN2S/c1-2-3-6-14-10-7-8(12)4-5-9(10)13-11(14)15/h4-5,7H,2-3,6H2,1H3,(H,13,15). The van der Waals surface area contributed by atoms with Gasteiger partial charge in [-0.15, -0.1) is 0 Å². The molecule has 0 atom stereocenters. The summed E-state index contributed by atoms with van der Waals surface area (Å²) >= 11 is 11.2. The monoisotopic (exact) mass is 240 g/mol. The fourth-order valence-electron chi connectivity index (χ4n) is 1.66. The number of hydrogen-bond donors (Lipinski definition) is 1. The molecule has 0 aliphatic heterocycles. The largest absolute Gasteiger partial charge is 0.331 e. The van der Waals surface area contributed by atoms with Crippen LogP contribution in [0, 0.1) is 4.77 Å². The number of halogens is 1. The van der Waals surface area contributed by atoms with Crippen molar-refractivity contribution in [2.75, 3.05) is 0 Å². The van der Waals surface area contributed by atoms with Gasteiger partial charge in [-0.3, -0.25) is 0 Å². The van der Waals surface area contributed by atoms with Crippen LogP contribution in [-0.4, -0.2) is 9.55 Å². The van der Waals surface area contributed by atoms with Gasteiger partial charge in [0.05, 0.1) is 11.0 Å². The van der Waals surface area contributed by atoms with E-state index in [1.54, 1.807) is 0 Å². The molecule has 80 valence electrons. The van der Waals surface area contributed by atoms with Gasteiger partial charge >= 0.3 is 0 Å². The number of nitrogens with one attached hydrogen (secondary N) is 1. The number of H-pyrrole nitrogens is 1. The second-order valence-corrected chi connectivity index (χ2v) is 4.42. The highest BCUT2D eigenvalue weighted by Crippen LogP contribution is 2.19. The van der Waals surface area contributed by atoms with Crippen LogP contribution in [0.15, 0.2) is 18.2 Å². The number of fused-ring (bicyclic) bond motifs is 1. The first-order chi connectivity index (χ1) is 7.22. The zero-order chi connectivity index (χ0) is 10.8. The van der Waals surface area contributed by atoms with E-state index in [0.29, 0.717) is 0 Å². The molecule has 0 bridgehead atoms. The quantitative estimate of drug-likeness (QED) is 0.800. The van der Waals surface area contributed by atoms with Crippen molar-refractivity contribution in [3.8, 4) is 0 Å². The van der Waals surface area contributed by atoms with Crippen LogP contribution in [0.25, 0.3) is 11.0 Å². The second kappa shape index (κ2) is 4.37. The molecule has 2 aromatic rings. The normalized spacial score (nSPS) is 11.1. The minimum absolute atomic E-state index is 0.752. The molecule has 1 N–H and O–H groups in total. The Labute approximate surface area is 98.9 Å². The molecule has 1 heterocycles. The van der Waals surface area contributed by atoms with Gasteiger partial charge in [-0.05, 0) is 36.8 Å². The number of hydrogen-bond acceptors (Lipinski definition) is 1. The number of nitrogens with zero attached hydrogens (tertiary/aromatic N) is 1. The molecule has 0 saturated heterocycles. The van der Waals surface area contributed by atoms with Gasteiger partial charge in [-0.1, -0.05) is 24.9 Å². The number of rotatable bonds is 3. The predicted octanol–water partition coefficient (Wildman–Crippen LogP) is 4.15. The molecule has 0 amide bonds. The van der Waals surface area contributed by atoms with E-state index in [0.717, 1.165) is 40.2 Å². The number of aromatic amines is 1. The molecule has 0 spiro atoms. The van der Waals surface area contributed by atoms with Crippen LogP contribution in [0.5, 0.6) is 0 Å². The number of aromatic nitrogens is 2. The molecule has 0 aliphatic carbocycles. The van der Waals surface area contributed by atoms with E-state index in [2.05, 4.69) is 16.5 Å². The first-order valence-electron chi connectivity index (χ1n) is 5.10. The van der Waals surface area contributed by atoms with E-state index in [9.17, 15) is 0 Å². The maximum Gasteiger partial charge on any atom is 0.178 e. The lowest BCUT2D eigenvalue weighted by Gasteiger charge is -2.02. The summed E-state index contributed by atoms with van der Waals surface area (Å²) in [6, 6.07) is 5.80. The van der Waals surface area contributed by atoms with Crippen LogP contribution >= 0.6 is 23.8 Å². The number of benzene rings is 1. The molecule has 15 heavy (non-hydrogen) atoms. The van der Waals surface area contributed by atoms with E-state index < -0.39 is 0 Å². The summed E-state index contributed by atoms with van der Waals surface area (Å²) in [5.74, 6) is 0. The number of aryl methyl sites for hydroxylation is 1. The number of unbranched alkanes of at least 4 members (excludes halogenated alkanes) is 1. The lowest BCUT2D eigenvalue weighted by Crippen LogP contribution is -1.96. The Morgan fingerprint density at radius 3 is 3.00 bits per heavy atom. The van der Waals surface area contributed by atoms with Crippen molar-refractivity contribution in [3.63, 3.8) is 0 Å². The van der Waals surface area contributed by atoms with Crippen LogP contribution in [0.3, 0.4) is 0 Å². The van der Waals surface area contributed by atoms with Crippen molar-refractivity contribution < 1.29 is 0 Å². The Morgan fingerprint density at radius 2 is 2.27 bits per heavy atom. The minimum atomic E-state index is 0.752. The first kappa shape index (κ1) is 10.7. The maximum absolute atomic E-state index is 5.97. The van der Waals surface area contributed by atoms with Crippen LogP contribution in [0.4, 0.5) is 0 Å². The molecule has 0 unspecified atom stereocenters. The van der Waals surface area contributed by atoms with Crippen molar-refractivity contribution in [2.24, 2.45) is 0 Å². The summed E-state index contributed by atoms with van der Waals surface area (Å²) in [6.45, 7) is 3.13. The van der Waals surface area contributed by atoms with Crippen LogP contribution < -0.4 is 0 Å². The van der Waals surface area contributed by atoms with Gasteiger partial charge in [0.25, 0.3) is 0 Å². The zero-order valence-electron chi connectivity index (χ0n) is 8.59. The molecule has 0 aliphatic rings. The van der Waals surface area contributed by atoms with Gasteiger partial charge in [0.2, 0.25) is 0 Å². The topological polar surface area (TPSA) is 20.7 Å². The van der Waals surface area contributed by atoms with Crippen molar-refractivity contribution in [1.82, 2.24) is 9.55 Å². The molecule has 2 rings (SSSR count). The molecule has 0 radical (unpaired) electrons. The molecular formula is C11H13ClN2S. The lowest BCUT2D eigenvalue weighted by molar-refractivity contribution is 0.639. The Hall–Kier alpha value is -0.800. The number of imidazole rings is 1. The van der Waals surface area contributed by atoms with Crippen molar-refractivity contribution in [2.45, 2.75) is 26.3 Å². The third-order valence-electron chi connectivity index (χ3n) is 2.47. The summed E-state index contributed by atoms with van der Waals surface area (Å²) in [5.41, 5.74) is 2.15. The van der Waals surface area contributed by atoms with Crippen LogP contribution in [-0.2, 0) is 6.54 Å². The van der Waals surface area contributed by atoms with E-state index in [4.69, 9.17) is 23.8 Å². The molecule has 0 fully saturated rings. The molecular weight excluding hydrogens is 228 g/mol. The summed E-state index contributed by atoms with van der Waals surface area (Å²) in [4.78, 5) is 3.18. The maximum atomic E-state index is 5.97. The molecule has 0 saturated carbocycles. The summed E-state index contributed by atoms with van der Waals surface area (Å²) < 4.78 is 2.89. The molecule has 4 heteroatoms. The average molecular weight is 241 g/mol. The summed E-state index contributed by atoms with van der Waals surface area (Å²) in [5, 5.41) is 0.752. The third kappa shape index (κ3) is 2.08. The highest BCUT2D eigenvalue weighted by molar-refractivity contribution is 7.71. The Bertz CT molecular complexity index is 527. The van der Waals surface area contributed by atoms with E-state index >= 15 is 0 Å². The third-order valence-corrected chi connectivity index (χ3v) is 3.03.